The third-order valence-corrected chi connectivity index (χ3v) is 2.39. The topological polar surface area (TPSA) is 66.4 Å². The van der Waals surface area contributed by atoms with E-state index in [4.69, 9.17) is 4.74 Å². The molecular weight excluding hydrogens is 216 g/mol. The van der Waals surface area contributed by atoms with E-state index >= 15 is 0 Å². The van der Waals surface area contributed by atoms with E-state index in [2.05, 4.69) is 0 Å². The summed E-state index contributed by atoms with van der Waals surface area (Å²) < 4.78 is 37.4. The molecule has 1 rings (SSSR count). The molecule has 0 saturated carbocycles. The minimum Gasteiger partial charge on any atom is -0.744 e. The lowest BCUT2D eigenvalue weighted by Crippen LogP contribution is -2.22. The van der Waals surface area contributed by atoms with Crippen LogP contribution in [0, 0.1) is 0 Å². The Morgan fingerprint density at radius 2 is 1.60 bits per heavy atom. The molecule has 0 aliphatic carbocycles. The van der Waals surface area contributed by atoms with Crippen molar-refractivity contribution >= 4 is 10.1 Å². The fourth-order valence-electron chi connectivity index (χ4n) is 1.03. The fraction of sp³-hybridized carbons (Fsp3) is 0.400. The molecule has 1 aromatic carbocycles. The molecule has 15 heavy (non-hydrogen) atoms. The zero-order valence-corrected chi connectivity index (χ0v) is 9.67. The van der Waals surface area contributed by atoms with Crippen LogP contribution in [0.25, 0.3) is 0 Å². The van der Waals surface area contributed by atoms with E-state index in [-0.39, 0.29) is 10.5 Å². The standard InChI is InChI=1S/C10H14O4S/c1-10(2,3)14-8-4-6-9(7-5-8)15(11,12)13/h4-7H,1-3H3,(H,11,12,13)/p-1. The van der Waals surface area contributed by atoms with Gasteiger partial charge in [-0.05, 0) is 45.0 Å². The summed E-state index contributed by atoms with van der Waals surface area (Å²) in [5.74, 6) is 0.537. The Morgan fingerprint density at radius 1 is 1.13 bits per heavy atom. The predicted molar refractivity (Wildman–Crippen MR) is 54.8 cm³/mol. The van der Waals surface area contributed by atoms with Crippen molar-refractivity contribution in [2.75, 3.05) is 0 Å². The van der Waals surface area contributed by atoms with Gasteiger partial charge in [0.1, 0.15) is 21.5 Å². The highest BCUT2D eigenvalue weighted by Gasteiger charge is 2.11. The van der Waals surface area contributed by atoms with Gasteiger partial charge in [-0.15, -0.1) is 0 Å². The third-order valence-electron chi connectivity index (χ3n) is 1.54. The first-order valence-corrected chi connectivity index (χ1v) is 5.84. The second kappa shape index (κ2) is 3.83. The van der Waals surface area contributed by atoms with Crippen LogP contribution < -0.4 is 4.74 Å². The van der Waals surface area contributed by atoms with Crippen molar-refractivity contribution in [3.63, 3.8) is 0 Å². The molecule has 4 nitrogen and oxygen atoms in total. The van der Waals surface area contributed by atoms with Crippen LogP contribution in [0.1, 0.15) is 20.8 Å². The first kappa shape index (κ1) is 12.0. The molecule has 0 aromatic heterocycles. The van der Waals surface area contributed by atoms with Crippen molar-refractivity contribution in [3.05, 3.63) is 24.3 Å². The maximum atomic E-state index is 10.6. The molecular formula is C10H13O4S-. The molecule has 0 bridgehead atoms. The summed E-state index contributed by atoms with van der Waals surface area (Å²) in [4.78, 5) is -0.247. The quantitative estimate of drug-likeness (QED) is 0.725. The van der Waals surface area contributed by atoms with Crippen LogP contribution >= 0.6 is 0 Å². The Kier molecular flexibility index (Phi) is 3.06. The second-order valence-corrected chi connectivity index (χ2v) is 5.52. The van der Waals surface area contributed by atoms with E-state index in [9.17, 15) is 13.0 Å². The van der Waals surface area contributed by atoms with Gasteiger partial charge in [-0.1, -0.05) is 0 Å². The lowest BCUT2D eigenvalue weighted by Gasteiger charge is -2.21. The van der Waals surface area contributed by atoms with Gasteiger partial charge < -0.3 is 9.29 Å². The van der Waals surface area contributed by atoms with E-state index in [1.54, 1.807) is 0 Å². The molecule has 84 valence electrons. The zero-order chi connectivity index (χ0) is 11.7. The van der Waals surface area contributed by atoms with Crippen LogP contribution in [-0.4, -0.2) is 18.6 Å². The van der Waals surface area contributed by atoms with Gasteiger partial charge in [0.15, 0.2) is 0 Å². The van der Waals surface area contributed by atoms with E-state index in [1.807, 2.05) is 20.8 Å². The average molecular weight is 229 g/mol. The first-order chi connectivity index (χ1) is 6.68. The predicted octanol–water partition coefficient (Wildman–Crippen LogP) is 1.77. The second-order valence-electron chi connectivity index (χ2n) is 4.14. The molecule has 0 saturated heterocycles. The fourth-order valence-corrected chi connectivity index (χ4v) is 1.50. The van der Waals surface area contributed by atoms with Gasteiger partial charge in [0.25, 0.3) is 0 Å². The number of benzene rings is 1. The average Bonchev–Trinajstić information content (AvgIpc) is 2.00. The Morgan fingerprint density at radius 3 is 1.93 bits per heavy atom. The largest absolute Gasteiger partial charge is 0.744 e. The van der Waals surface area contributed by atoms with Crippen molar-refractivity contribution < 1.29 is 17.7 Å². The maximum Gasteiger partial charge on any atom is 0.124 e. The Balaban J connectivity index is 2.92. The molecule has 0 atom stereocenters. The minimum absolute atomic E-state index is 0.247. The molecule has 1 aromatic rings. The summed E-state index contributed by atoms with van der Waals surface area (Å²) in [6, 6.07) is 5.42. The van der Waals surface area contributed by atoms with Crippen molar-refractivity contribution in [2.45, 2.75) is 31.3 Å². The van der Waals surface area contributed by atoms with Gasteiger partial charge >= 0.3 is 0 Å². The number of hydrogen-bond acceptors (Lipinski definition) is 4. The van der Waals surface area contributed by atoms with Crippen molar-refractivity contribution in [3.8, 4) is 5.75 Å². The number of ether oxygens (including phenoxy) is 1. The smallest absolute Gasteiger partial charge is 0.124 e. The highest BCUT2D eigenvalue weighted by Crippen LogP contribution is 2.20. The van der Waals surface area contributed by atoms with E-state index < -0.39 is 10.1 Å². The monoisotopic (exact) mass is 229 g/mol. The molecule has 0 N–H and O–H groups in total. The minimum atomic E-state index is -4.37. The summed E-state index contributed by atoms with van der Waals surface area (Å²) in [5, 5.41) is 0. The van der Waals surface area contributed by atoms with Crippen molar-refractivity contribution in [1.82, 2.24) is 0 Å². The summed E-state index contributed by atoms with van der Waals surface area (Å²) in [6.45, 7) is 5.64. The summed E-state index contributed by atoms with van der Waals surface area (Å²) in [6.07, 6.45) is 0. The van der Waals surface area contributed by atoms with Gasteiger partial charge in [0.05, 0.1) is 4.90 Å². The van der Waals surface area contributed by atoms with Crippen molar-refractivity contribution in [1.29, 1.82) is 0 Å². The van der Waals surface area contributed by atoms with Crippen LogP contribution in [0.3, 0.4) is 0 Å². The van der Waals surface area contributed by atoms with Crippen LogP contribution in [-0.2, 0) is 10.1 Å². The van der Waals surface area contributed by atoms with Crippen LogP contribution in [0.2, 0.25) is 0 Å². The Hall–Kier alpha value is -1.07. The Labute approximate surface area is 89.6 Å². The van der Waals surface area contributed by atoms with Crippen molar-refractivity contribution in [2.24, 2.45) is 0 Å². The summed E-state index contributed by atoms with van der Waals surface area (Å²) in [5.41, 5.74) is -0.349. The highest BCUT2D eigenvalue weighted by molar-refractivity contribution is 7.85. The SMILES string of the molecule is CC(C)(C)Oc1ccc(S(=O)(=O)[O-])cc1. The lowest BCUT2D eigenvalue weighted by atomic mass is 10.2. The van der Waals surface area contributed by atoms with E-state index in [0.29, 0.717) is 5.75 Å². The molecule has 0 radical (unpaired) electrons. The normalized spacial score (nSPS) is 12.5. The summed E-state index contributed by atoms with van der Waals surface area (Å²) in [7, 11) is -4.37. The van der Waals surface area contributed by atoms with Crippen LogP contribution in [0.4, 0.5) is 0 Å². The van der Waals surface area contributed by atoms with Gasteiger partial charge in [0.2, 0.25) is 0 Å². The zero-order valence-electron chi connectivity index (χ0n) is 8.85. The molecule has 0 fully saturated rings. The number of rotatable bonds is 2. The third kappa shape index (κ3) is 3.89. The van der Waals surface area contributed by atoms with E-state index in [1.165, 1.54) is 24.3 Å². The molecule has 0 amide bonds. The Bertz CT molecular complexity index is 425. The van der Waals surface area contributed by atoms with Gasteiger partial charge in [-0.3, -0.25) is 0 Å². The first-order valence-electron chi connectivity index (χ1n) is 4.43. The molecule has 0 aliphatic rings. The van der Waals surface area contributed by atoms with E-state index in [0.717, 1.165) is 0 Å². The van der Waals surface area contributed by atoms with Crippen LogP contribution in [0.5, 0.6) is 5.75 Å². The molecule has 0 aliphatic heterocycles. The van der Waals surface area contributed by atoms with Gasteiger partial charge in [0, 0.05) is 0 Å². The molecule has 0 unspecified atom stereocenters. The summed E-state index contributed by atoms with van der Waals surface area (Å²) >= 11 is 0. The highest BCUT2D eigenvalue weighted by atomic mass is 32.2. The number of hydrogen-bond donors (Lipinski definition) is 0. The molecule has 5 heteroatoms. The maximum absolute atomic E-state index is 10.6. The lowest BCUT2D eigenvalue weighted by molar-refractivity contribution is 0.131. The van der Waals surface area contributed by atoms with Crippen LogP contribution in [0.15, 0.2) is 29.2 Å². The van der Waals surface area contributed by atoms with Gasteiger partial charge in [-0.25, -0.2) is 8.42 Å². The van der Waals surface area contributed by atoms with Gasteiger partial charge in [-0.2, -0.15) is 0 Å². The molecule has 0 spiro atoms. The molecule has 0 heterocycles.